The highest BCUT2D eigenvalue weighted by Crippen LogP contribution is 2.13. The van der Waals surface area contributed by atoms with Crippen LogP contribution in [0.3, 0.4) is 0 Å². The molecule has 0 amide bonds. The van der Waals surface area contributed by atoms with Gasteiger partial charge in [-0.3, -0.25) is 0 Å². The maximum absolute atomic E-state index is 5.61. The van der Waals surface area contributed by atoms with E-state index in [2.05, 4.69) is 24.2 Å². The van der Waals surface area contributed by atoms with Crippen molar-refractivity contribution in [2.45, 2.75) is 39.9 Å². The Bertz CT molecular complexity index is 680. The zero-order valence-corrected chi connectivity index (χ0v) is 15.5. The molecule has 2 aromatic carbocycles. The van der Waals surface area contributed by atoms with Crippen LogP contribution in [0.5, 0.6) is 5.75 Å². The van der Waals surface area contributed by atoms with Gasteiger partial charge in [0, 0.05) is 6.61 Å². The molecule has 0 saturated carbocycles. The predicted molar refractivity (Wildman–Crippen MR) is 101 cm³/mol. The number of methoxy groups -OCH3 is 1. The molecule has 2 rings (SSSR count). The van der Waals surface area contributed by atoms with Crippen LogP contribution in [0.25, 0.3) is 0 Å². The van der Waals surface area contributed by atoms with Gasteiger partial charge in [0.15, 0.2) is 0 Å². The third-order valence-corrected chi connectivity index (χ3v) is 3.91. The maximum Gasteiger partial charge on any atom is 0.142 e. The third-order valence-electron chi connectivity index (χ3n) is 3.91. The minimum absolute atomic E-state index is 0.212. The molecular weight excluding hydrogens is 314 g/mol. The van der Waals surface area contributed by atoms with Crippen molar-refractivity contribution in [3.63, 3.8) is 0 Å². The highest BCUT2D eigenvalue weighted by Gasteiger charge is 2.05. The SMILES string of the molecule is CCO[C@H](C)Cc1cccc(/C(C)=N/OCc2ccc(OC)cc2)c1. The third kappa shape index (κ3) is 6.24. The van der Waals surface area contributed by atoms with Crippen LogP contribution in [-0.2, 0) is 22.6 Å². The highest BCUT2D eigenvalue weighted by molar-refractivity contribution is 5.98. The van der Waals surface area contributed by atoms with Gasteiger partial charge >= 0.3 is 0 Å². The molecule has 0 unspecified atom stereocenters. The van der Waals surface area contributed by atoms with Gasteiger partial charge in [-0.1, -0.05) is 35.5 Å². The summed E-state index contributed by atoms with van der Waals surface area (Å²) in [6, 6.07) is 16.1. The number of hydrogen-bond acceptors (Lipinski definition) is 4. The van der Waals surface area contributed by atoms with Gasteiger partial charge < -0.3 is 14.3 Å². The molecule has 0 aromatic heterocycles. The largest absolute Gasteiger partial charge is 0.497 e. The van der Waals surface area contributed by atoms with Crippen molar-refractivity contribution < 1.29 is 14.3 Å². The predicted octanol–water partition coefficient (Wildman–Crippen LogP) is 4.60. The molecule has 0 heterocycles. The fourth-order valence-electron chi connectivity index (χ4n) is 2.58. The van der Waals surface area contributed by atoms with Crippen LogP contribution in [0.4, 0.5) is 0 Å². The summed E-state index contributed by atoms with van der Waals surface area (Å²) in [7, 11) is 1.66. The normalized spacial score (nSPS) is 12.7. The molecule has 4 heteroatoms. The molecule has 0 bridgehead atoms. The lowest BCUT2D eigenvalue weighted by atomic mass is 10.0. The van der Waals surface area contributed by atoms with Crippen molar-refractivity contribution in [1.82, 2.24) is 0 Å². The Hall–Kier alpha value is -2.33. The van der Waals surface area contributed by atoms with Crippen LogP contribution in [0.1, 0.15) is 37.5 Å². The van der Waals surface area contributed by atoms with Crippen molar-refractivity contribution in [3.8, 4) is 5.75 Å². The molecule has 25 heavy (non-hydrogen) atoms. The summed E-state index contributed by atoms with van der Waals surface area (Å²) >= 11 is 0. The van der Waals surface area contributed by atoms with E-state index < -0.39 is 0 Å². The van der Waals surface area contributed by atoms with Crippen molar-refractivity contribution in [2.24, 2.45) is 5.16 Å². The van der Waals surface area contributed by atoms with E-state index in [1.807, 2.05) is 50.2 Å². The number of ether oxygens (including phenoxy) is 2. The Morgan fingerprint density at radius 3 is 2.52 bits per heavy atom. The van der Waals surface area contributed by atoms with Crippen LogP contribution >= 0.6 is 0 Å². The smallest absolute Gasteiger partial charge is 0.142 e. The van der Waals surface area contributed by atoms with Crippen LogP contribution in [-0.4, -0.2) is 25.5 Å². The maximum atomic E-state index is 5.61. The molecule has 134 valence electrons. The molecule has 0 spiro atoms. The Labute approximate surface area is 150 Å². The molecule has 0 aliphatic rings. The molecule has 1 atom stereocenters. The molecule has 0 N–H and O–H groups in total. The van der Waals surface area contributed by atoms with Crippen molar-refractivity contribution >= 4 is 5.71 Å². The zero-order chi connectivity index (χ0) is 18.1. The summed E-state index contributed by atoms with van der Waals surface area (Å²) in [4.78, 5) is 5.49. The number of hydrogen-bond donors (Lipinski definition) is 0. The Morgan fingerprint density at radius 2 is 1.84 bits per heavy atom. The summed E-state index contributed by atoms with van der Waals surface area (Å²) in [5.74, 6) is 0.835. The fourth-order valence-corrected chi connectivity index (χ4v) is 2.58. The van der Waals surface area contributed by atoms with Gasteiger partial charge in [0.25, 0.3) is 0 Å². The second-order valence-electron chi connectivity index (χ2n) is 5.97. The van der Waals surface area contributed by atoms with Crippen LogP contribution in [0, 0.1) is 0 Å². The first-order valence-electron chi connectivity index (χ1n) is 8.62. The van der Waals surface area contributed by atoms with Crippen LogP contribution in [0.15, 0.2) is 53.7 Å². The first kappa shape index (κ1) is 19.0. The molecule has 0 aliphatic carbocycles. The summed E-state index contributed by atoms with van der Waals surface area (Å²) in [5, 5.41) is 4.24. The van der Waals surface area contributed by atoms with E-state index in [1.54, 1.807) is 7.11 Å². The average Bonchev–Trinajstić information content (AvgIpc) is 2.62. The Morgan fingerprint density at radius 1 is 1.08 bits per heavy atom. The number of benzene rings is 2. The van der Waals surface area contributed by atoms with Gasteiger partial charge in [0.05, 0.1) is 18.9 Å². The monoisotopic (exact) mass is 341 g/mol. The van der Waals surface area contributed by atoms with Crippen molar-refractivity contribution in [1.29, 1.82) is 0 Å². The van der Waals surface area contributed by atoms with Gasteiger partial charge in [0.1, 0.15) is 12.4 Å². The Balaban J connectivity index is 1.94. The number of rotatable bonds is 9. The Kier molecular flexibility index (Phi) is 7.48. The summed E-state index contributed by atoms with van der Waals surface area (Å²) in [6.45, 7) is 7.24. The van der Waals surface area contributed by atoms with E-state index in [-0.39, 0.29) is 6.10 Å². The summed E-state index contributed by atoms with van der Waals surface area (Å²) in [5.41, 5.74) is 4.22. The van der Waals surface area contributed by atoms with Crippen molar-refractivity contribution in [3.05, 3.63) is 65.2 Å². The zero-order valence-electron chi connectivity index (χ0n) is 15.5. The van der Waals surface area contributed by atoms with E-state index in [9.17, 15) is 0 Å². The van der Waals surface area contributed by atoms with Crippen LogP contribution < -0.4 is 4.74 Å². The van der Waals surface area contributed by atoms with Gasteiger partial charge in [-0.15, -0.1) is 0 Å². The van der Waals surface area contributed by atoms with Crippen molar-refractivity contribution in [2.75, 3.05) is 13.7 Å². The van der Waals surface area contributed by atoms with Gasteiger partial charge in [-0.25, -0.2) is 0 Å². The molecule has 0 radical (unpaired) electrons. The quantitative estimate of drug-likeness (QED) is 0.494. The number of nitrogens with zero attached hydrogens (tertiary/aromatic N) is 1. The standard InChI is InChI=1S/C21H27NO3/c1-5-24-16(2)13-19-7-6-8-20(14-19)17(3)22-25-15-18-9-11-21(23-4)12-10-18/h6-12,14,16H,5,13,15H2,1-4H3/b22-17+/t16-/m1/s1. The topological polar surface area (TPSA) is 40.0 Å². The molecule has 0 saturated heterocycles. The minimum Gasteiger partial charge on any atom is -0.497 e. The van der Waals surface area contributed by atoms with Gasteiger partial charge in [-0.2, -0.15) is 0 Å². The lowest BCUT2D eigenvalue weighted by Gasteiger charge is -2.12. The first-order chi connectivity index (χ1) is 12.1. The molecule has 4 nitrogen and oxygen atoms in total. The highest BCUT2D eigenvalue weighted by atomic mass is 16.6. The first-order valence-corrected chi connectivity index (χ1v) is 8.62. The van der Waals surface area contributed by atoms with E-state index in [0.717, 1.165) is 35.6 Å². The van der Waals surface area contributed by atoms with E-state index in [0.29, 0.717) is 6.61 Å². The second-order valence-corrected chi connectivity index (χ2v) is 5.97. The average molecular weight is 341 g/mol. The number of oxime groups is 1. The molecule has 0 aliphatic heterocycles. The summed E-state index contributed by atoms with van der Waals surface area (Å²) < 4.78 is 10.8. The lowest BCUT2D eigenvalue weighted by molar-refractivity contribution is 0.0768. The molecule has 0 fully saturated rings. The molecular formula is C21H27NO3. The molecule has 2 aromatic rings. The van der Waals surface area contributed by atoms with Gasteiger partial charge in [-0.05, 0) is 62.1 Å². The fraction of sp³-hybridized carbons (Fsp3) is 0.381. The van der Waals surface area contributed by atoms with Crippen LogP contribution in [0.2, 0.25) is 0 Å². The van der Waals surface area contributed by atoms with E-state index in [4.69, 9.17) is 14.3 Å². The van der Waals surface area contributed by atoms with Gasteiger partial charge in [0.2, 0.25) is 0 Å². The minimum atomic E-state index is 0.212. The van der Waals surface area contributed by atoms with E-state index in [1.165, 1.54) is 5.56 Å². The van der Waals surface area contributed by atoms with E-state index >= 15 is 0 Å². The summed E-state index contributed by atoms with van der Waals surface area (Å²) in [6.07, 6.45) is 1.10. The second kappa shape index (κ2) is 9.84. The lowest BCUT2D eigenvalue weighted by Crippen LogP contribution is -2.11.